The van der Waals surface area contributed by atoms with E-state index in [0.29, 0.717) is 11.5 Å². The molecule has 2 saturated carbocycles. The van der Waals surface area contributed by atoms with Gasteiger partial charge in [-0.3, -0.25) is 4.79 Å². The molecule has 4 N–H and O–H groups in total. The molecule has 35 heavy (non-hydrogen) atoms. The summed E-state index contributed by atoms with van der Waals surface area (Å²) in [6.07, 6.45) is 4.87. The van der Waals surface area contributed by atoms with E-state index in [1.165, 1.54) is 5.56 Å². The normalized spacial score (nSPS) is 31.7. The van der Waals surface area contributed by atoms with Gasteiger partial charge in [-0.25, -0.2) is 8.78 Å². The maximum Gasteiger partial charge on any atom is 0.248 e. The minimum atomic E-state index is -2.62. The molecular weight excluding hydrogens is 454 g/mol. The van der Waals surface area contributed by atoms with Gasteiger partial charge in [-0.05, 0) is 74.6 Å². The average Bonchev–Trinajstić information content (AvgIpc) is 2.86. The van der Waals surface area contributed by atoms with Crippen molar-refractivity contribution in [2.24, 2.45) is 11.8 Å². The highest BCUT2D eigenvalue weighted by Crippen LogP contribution is 2.38. The van der Waals surface area contributed by atoms with Crippen LogP contribution >= 0.6 is 0 Å². The molecule has 2 fully saturated rings. The molecular formula is C27H38F2N2O4. The van der Waals surface area contributed by atoms with E-state index in [-0.39, 0.29) is 62.8 Å². The summed E-state index contributed by atoms with van der Waals surface area (Å²) < 4.78 is 26.7. The third kappa shape index (κ3) is 5.87. The molecule has 1 heterocycles. The Kier molecular flexibility index (Phi) is 8.13. The van der Waals surface area contributed by atoms with Gasteiger partial charge in [0.05, 0.1) is 25.4 Å². The number of halogens is 2. The first kappa shape index (κ1) is 26.0. The molecule has 4 rings (SSSR count). The summed E-state index contributed by atoms with van der Waals surface area (Å²) in [5, 5.41) is 33.0. The summed E-state index contributed by atoms with van der Waals surface area (Å²) in [4.78, 5) is 14.5. The van der Waals surface area contributed by atoms with Crippen LogP contribution in [0.25, 0.3) is 0 Å². The third-order valence-corrected chi connectivity index (χ3v) is 8.33. The number of aliphatic hydroxyl groups excluding tert-OH is 3. The van der Waals surface area contributed by atoms with Crippen LogP contribution < -0.4 is 10.2 Å². The third-order valence-electron chi connectivity index (χ3n) is 8.33. The van der Waals surface area contributed by atoms with Crippen LogP contribution in [-0.4, -0.2) is 58.6 Å². The van der Waals surface area contributed by atoms with E-state index >= 15 is 0 Å². The lowest BCUT2D eigenvalue weighted by Gasteiger charge is -2.40. The summed E-state index contributed by atoms with van der Waals surface area (Å²) in [6.45, 7) is 1.49. The minimum absolute atomic E-state index is 0.0649. The van der Waals surface area contributed by atoms with Gasteiger partial charge in [0.2, 0.25) is 11.8 Å². The maximum absolute atomic E-state index is 13.4. The van der Waals surface area contributed by atoms with Gasteiger partial charge in [-0.15, -0.1) is 0 Å². The van der Waals surface area contributed by atoms with E-state index in [1.54, 1.807) is 0 Å². The van der Waals surface area contributed by atoms with E-state index in [0.717, 1.165) is 31.4 Å². The number of amides is 1. The van der Waals surface area contributed by atoms with Gasteiger partial charge in [0.25, 0.3) is 0 Å². The molecule has 0 saturated heterocycles. The number of carbonyl (C=O) groups excluding carboxylic acids is 1. The molecule has 0 spiro atoms. The number of nitrogens with one attached hydrogen (secondary N) is 1. The molecule has 6 nitrogen and oxygen atoms in total. The molecule has 0 radical (unpaired) electrons. The first-order valence-corrected chi connectivity index (χ1v) is 12.9. The molecule has 3 atom stereocenters. The number of carbonyl (C=O) groups is 1. The van der Waals surface area contributed by atoms with Crippen molar-refractivity contribution in [3.63, 3.8) is 0 Å². The number of alkyl halides is 2. The molecule has 1 amide bonds. The van der Waals surface area contributed by atoms with Crippen LogP contribution in [0.1, 0.15) is 69.8 Å². The number of anilines is 1. The highest BCUT2D eigenvalue weighted by atomic mass is 19.3. The van der Waals surface area contributed by atoms with Crippen LogP contribution in [0.5, 0.6) is 0 Å². The zero-order valence-corrected chi connectivity index (χ0v) is 20.4. The van der Waals surface area contributed by atoms with E-state index in [9.17, 15) is 28.9 Å². The van der Waals surface area contributed by atoms with Crippen molar-refractivity contribution in [2.75, 3.05) is 18.1 Å². The number of nitrogens with zero attached hydrogens (tertiary/aromatic N) is 1. The largest absolute Gasteiger partial charge is 0.396 e. The Morgan fingerprint density at radius 3 is 2.26 bits per heavy atom. The Morgan fingerprint density at radius 1 is 1.06 bits per heavy atom. The Labute approximate surface area is 206 Å². The summed E-state index contributed by atoms with van der Waals surface area (Å²) in [7, 11) is 0. The predicted molar refractivity (Wildman–Crippen MR) is 130 cm³/mol. The second kappa shape index (κ2) is 10.9. The summed E-state index contributed by atoms with van der Waals surface area (Å²) in [5.74, 6) is -3.03. The fourth-order valence-corrected chi connectivity index (χ4v) is 5.92. The average molecular weight is 493 g/mol. The van der Waals surface area contributed by atoms with E-state index in [4.69, 9.17) is 0 Å². The van der Waals surface area contributed by atoms with Crippen LogP contribution in [0.15, 0.2) is 36.0 Å². The zero-order valence-electron chi connectivity index (χ0n) is 20.4. The monoisotopic (exact) mass is 492 g/mol. The molecule has 0 aromatic heterocycles. The van der Waals surface area contributed by atoms with Crippen LogP contribution in [0.3, 0.4) is 0 Å². The number of hydrogen-bond acceptors (Lipinski definition) is 5. The smallest absolute Gasteiger partial charge is 0.248 e. The molecule has 1 aromatic rings. The minimum Gasteiger partial charge on any atom is -0.396 e. The van der Waals surface area contributed by atoms with E-state index in [2.05, 4.69) is 17.4 Å². The summed E-state index contributed by atoms with van der Waals surface area (Å²) in [5.41, 5.74) is 2.77. The second-order valence-corrected chi connectivity index (χ2v) is 10.6. The Morgan fingerprint density at radius 2 is 1.69 bits per heavy atom. The van der Waals surface area contributed by atoms with Crippen molar-refractivity contribution >= 4 is 11.6 Å². The molecule has 194 valence electrons. The van der Waals surface area contributed by atoms with Crippen LogP contribution in [0.4, 0.5) is 14.5 Å². The van der Waals surface area contributed by atoms with Crippen molar-refractivity contribution in [2.45, 2.75) is 88.3 Å². The lowest BCUT2D eigenvalue weighted by Crippen LogP contribution is -2.48. The number of aliphatic hydroxyl groups is 3. The molecule has 3 aliphatic rings. The number of hydrogen-bond donors (Lipinski definition) is 4. The SMILES string of the molecule is CC1C(O)C(CO)C(CO)=CN1c1ccc(C2CCC(NC(=O)C3CCC(F)(F)CC3)CC2)cc1. The van der Waals surface area contributed by atoms with Gasteiger partial charge in [0.15, 0.2) is 0 Å². The Balaban J connectivity index is 1.31. The first-order chi connectivity index (χ1) is 16.7. The van der Waals surface area contributed by atoms with Crippen molar-refractivity contribution < 1.29 is 28.9 Å². The number of rotatable bonds is 6. The molecule has 1 aromatic carbocycles. The number of benzene rings is 1. The van der Waals surface area contributed by atoms with Gasteiger partial charge in [-0.1, -0.05) is 12.1 Å². The molecule has 8 heteroatoms. The van der Waals surface area contributed by atoms with Crippen LogP contribution in [-0.2, 0) is 4.79 Å². The van der Waals surface area contributed by atoms with Crippen LogP contribution in [0.2, 0.25) is 0 Å². The summed E-state index contributed by atoms with van der Waals surface area (Å²) >= 11 is 0. The lowest BCUT2D eigenvalue weighted by molar-refractivity contribution is -0.130. The Hall–Kier alpha value is -2.03. The first-order valence-electron chi connectivity index (χ1n) is 12.9. The van der Waals surface area contributed by atoms with E-state index in [1.807, 2.05) is 30.2 Å². The maximum atomic E-state index is 13.4. The second-order valence-electron chi connectivity index (χ2n) is 10.6. The van der Waals surface area contributed by atoms with Crippen molar-refractivity contribution in [1.82, 2.24) is 5.32 Å². The van der Waals surface area contributed by atoms with Gasteiger partial charge in [0, 0.05) is 42.6 Å². The highest BCUT2D eigenvalue weighted by Gasteiger charge is 2.38. The van der Waals surface area contributed by atoms with Gasteiger partial charge in [0.1, 0.15) is 0 Å². The van der Waals surface area contributed by atoms with Crippen molar-refractivity contribution in [3.05, 3.63) is 41.6 Å². The predicted octanol–water partition coefficient (Wildman–Crippen LogP) is 3.71. The van der Waals surface area contributed by atoms with Crippen LogP contribution in [0, 0.1) is 11.8 Å². The Bertz CT molecular complexity index is 889. The van der Waals surface area contributed by atoms with Crippen molar-refractivity contribution in [3.8, 4) is 0 Å². The standard InChI is InChI=1S/C27H38F2N2O4/c1-17-25(34)24(16-33)21(15-32)14-31(17)23-8-4-19(5-9-23)18-2-6-22(7-3-18)30-26(35)20-10-12-27(28,29)13-11-20/h4-5,8-9,14,17-18,20,22,24-25,32-34H,2-3,6-7,10-13,15-16H2,1H3,(H,30,35). The quantitative estimate of drug-likeness (QED) is 0.486. The van der Waals surface area contributed by atoms with E-state index < -0.39 is 17.9 Å². The summed E-state index contributed by atoms with van der Waals surface area (Å²) in [6, 6.07) is 8.13. The highest BCUT2D eigenvalue weighted by molar-refractivity contribution is 5.79. The fraction of sp³-hybridized carbons (Fsp3) is 0.667. The van der Waals surface area contributed by atoms with Gasteiger partial charge < -0.3 is 25.5 Å². The van der Waals surface area contributed by atoms with Crippen molar-refractivity contribution in [1.29, 1.82) is 0 Å². The lowest BCUT2D eigenvalue weighted by atomic mass is 9.81. The molecule has 3 unspecified atom stereocenters. The van der Waals surface area contributed by atoms with Gasteiger partial charge >= 0.3 is 0 Å². The zero-order chi connectivity index (χ0) is 25.2. The molecule has 1 aliphatic heterocycles. The topological polar surface area (TPSA) is 93.0 Å². The molecule has 0 bridgehead atoms. The van der Waals surface area contributed by atoms with Gasteiger partial charge in [-0.2, -0.15) is 0 Å². The fourth-order valence-electron chi connectivity index (χ4n) is 5.92. The molecule has 2 aliphatic carbocycles.